The molecule has 0 spiro atoms. The quantitative estimate of drug-likeness (QED) is 0.726. The molecule has 0 bridgehead atoms. The maximum Gasteiger partial charge on any atom is 0.262 e. The molecule has 0 saturated carbocycles. The van der Waals surface area contributed by atoms with E-state index in [9.17, 15) is 14.4 Å². The van der Waals surface area contributed by atoms with E-state index in [2.05, 4.69) is 0 Å². The highest BCUT2D eigenvalue weighted by atomic mass is 16.5. The number of hydrogen-bond acceptors (Lipinski definition) is 4. The van der Waals surface area contributed by atoms with Gasteiger partial charge in [0.1, 0.15) is 6.04 Å². The van der Waals surface area contributed by atoms with Crippen LogP contribution in [-0.2, 0) is 16.0 Å². The van der Waals surface area contributed by atoms with Crippen LogP contribution in [0.15, 0.2) is 48.5 Å². The molecule has 5 rings (SSSR count). The van der Waals surface area contributed by atoms with Gasteiger partial charge in [-0.15, -0.1) is 0 Å². The van der Waals surface area contributed by atoms with E-state index in [1.165, 1.54) is 0 Å². The fourth-order valence-electron chi connectivity index (χ4n) is 4.35. The molecule has 0 unspecified atom stereocenters. The van der Waals surface area contributed by atoms with Crippen molar-refractivity contribution < 1.29 is 19.1 Å². The van der Waals surface area contributed by atoms with Crippen molar-refractivity contribution in [3.63, 3.8) is 0 Å². The molecular formula is C21H18N2O4. The van der Waals surface area contributed by atoms with Gasteiger partial charge in [-0.3, -0.25) is 19.3 Å². The minimum Gasteiger partial charge on any atom is -0.377 e. The summed E-state index contributed by atoms with van der Waals surface area (Å²) in [5.41, 5.74) is 2.74. The van der Waals surface area contributed by atoms with Crippen LogP contribution in [0.25, 0.3) is 0 Å². The van der Waals surface area contributed by atoms with Crippen LogP contribution in [0.2, 0.25) is 0 Å². The Morgan fingerprint density at radius 1 is 0.852 bits per heavy atom. The van der Waals surface area contributed by atoms with Crippen molar-refractivity contribution in [2.24, 2.45) is 0 Å². The first-order valence-corrected chi connectivity index (χ1v) is 9.10. The summed E-state index contributed by atoms with van der Waals surface area (Å²) in [7, 11) is 0. The normalized spacial score (nSPS) is 24.4. The summed E-state index contributed by atoms with van der Waals surface area (Å²) in [6.45, 7) is 1.34. The molecular weight excluding hydrogens is 344 g/mol. The second-order valence-corrected chi connectivity index (χ2v) is 7.07. The van der Waals surface area contributed by atoms with E-state index in [4.69, 9.17) is 4.74 Å². The Kier molecular flexibility index (Phi) is 3.62. The lowest BCUT2D eigenvalue weighted by molar-refractivity contribution is -0.143. The highest BCUT2D eigenvalue weighted by Crippen LogP contribution is 2.35. The second-order valence-electron chi connectivity index (χ2n) is 7.07. The topological polar surface area (TPSA) is 66.9 Å². The number of fused-ring (bicyclic) bond motifs is 4. The number of morpholine rings is 1. The van der Waals surface area contributed by atoms with Crippen molar-refractivity contribution in [3.05, 3.63) is 70.8 Å². The standard InChI is InChI=1S/C21H18N2O4/c24-19-15-7-3-4-8-16(15)20(25)23(19)17-11-13-5-1-2-6-14(13)18-12-27-10-9-22(18)21(17)26/h1-8,17-18H,9-12H2/t17-,18+/m1/s1. The maximum absolute atomic E-state index is 13.4. The van der Waals surface area contributed by atoms with Crippen LogP contribution in [0.5, 0.6) is 0 Å². The molecule has 0 N–H and O–H groups in total. The van der Waals surface area contributed by atoms with Gasteiger partial charge in [-0.05, 0) is 23.3 Å². The van der Waals surface area contributed by atoms with E-state index in [1.807, 2.05) is 24.3 Å². The fourth-order valence-corrected chi connectivity index (χ4v) is 4.35. The molecule has 2 aromatic carbocycles. The van der Waals surface area contributed by atoms with Gasteiger partial charge in [0.05, 0.1) is 30.4 Å². The van der Waals surface area contributed by atoms with E-state index in [1.54, 1.807) is 29.2 Å². The van der Waals surface area contributed by atoms with Crippen molar-refractivity contribution >= 4 is 17.7 Å². The third-order valence-corrected chi connectivity index (χ3v) is 5.66. The molecule has 1 fully saturated rings. The summed E-state index contributed by atoms with van der Waals surface area (Å²) in [6, 6.07) is 13.6. The number of carbonyl (C=O) groups is 3. The van der Waals surface area contributed by atoms with E-state index in [0.29, 0.717) is 37.3 Å². The number of imide groups is 1. The summed E-state index contributed by atoms with van der Waals surface area (Å²) in [5, 5.41) is 0. The first-order chi connectivity index (χ1) is 13.2. The Morgan fingerprint density at radius 3 is 2.26 bits per heavy atom. The summed E-state index contributed by atoms with van der Waals surface area (Å²) in [6.07, 6.45) is 0.327. The molecule has 2 aromatic rings. The molecule has 0 aromatic heterocycles. The van der Waals surface area contributed by atoms with Crippen molar-refractivity contribution in [1.82, 2.24) is 9.80 Å². The van der Waals surface area contributed by atoms with Gasteiger partial charge < -0.3 is 9.64 Å². The molecule has 2 atom stereocenters. The van der Waals surface area contributed by atoms with Gasteiger partial charge >= 0.3 is 0 Å². The molecule has 136 valence electrons. The zero-order valence-corrected chi connectivity index (χ0v) is 14.6. The average molecular weight is 362 g/mol. The number of hydrogen-bond donors (Lipinski definition) is 0. The van der Waals surface area contributed by atoms with Gasteiger partial charge in [0.15, 0.2) is 0 Å². The molecule has 3 aliphatic rings. The Balaban J connectivity index is 1.60. The smallest absolute Gasteiger partial charge is 0.262 e. The maximum atomic E-state index is 13.4. The molecule has 0 aliphatic carbocycles. The molecule has 6 nitrogen and oxygen atoms in total. The summed E-state index contributed by atoms with van der Waals surface area (Å²) in [4.78, 5) is 42.2. The highest BCUT2D eigenvalue weighted by molar-refractivity contribution is 6.22. The van der Waals surface area contributed by atoms with Gasteiger partial charge in [-0.1, -0.05) is 36.4 Å². The number of carbonyl (C=O) groups excluding carboxylic acids is 3. The number of amides is 3. The third-order valence-electron chi connectivity index (χ3n) is 5.66. The van der Waals surface area contributed by atoms with Crippen LogP contribution in [0, 0.1) is 0 Å². The van der Waals surface area contributed by atoms with Gasteiger partial charge in [-0.25, -0.2) is 0 Å². The van der Waals surface area contributed by atoms with E-state index in [0.717, 1.165) is 16.0 Å². The van der Waals surface area contributed by atoms with Gasteiger partial charge in [0.25, 0.3) is 11.8 Å². The van der Waals surface area contributed by atoms with Crippen LogP contribution < -0.4 is 0 Å². The first kappa shape index (κ1) is 16.2. The average Bonchev–Trinajstić information content (AvgIpc) is 2.89. The van der Waals surface area contributed by atoms with E-state index in [-0.39, 0.29) is 11.9 Å². The summed E-state index contributed by atoms with van der Waals surface area (Å²) < 4.78 is 5.61. The molecule has 3 amide bonds. The zero-order valence-electron chi connectivity index (χ0n) is 14.6. The van der Waals surface area contributed by atoms with Crippen LogP contribution in [0.1, 0.15) is 37.9 Å². The zero-order chi connectivity index (χ0) is 18.5. The predicted molar refractivity (Wildman–Crippen MR) is 96.1 cm³/mol. The minimum absolute atomic E-state index is 0.178. The van der Waals surface area contributed by atoms with Gasteiger partial charge in [0, 0.05) is 13.0 Å². The van der Waals surface area contributed by atoms with Gasteiger partial charge in [-0.2, -0.15) is 0 Å². The van der Waals surface area contributed by atoms with E-state index >= 15 is 0 Å². The molecule has 3 aliphatic heterocycles. The molecule has 3 heterocycles. The van der Waals surface area contributed by atoms with Crippen molar-refractivity contribution in [2.75, 3.05) is 19.8 Å². The van der Waals surface area contributed by atoms with Crippen molar-refractivity contribution in [3.8, 4) is 0 Å². The Hall–Kier alpha value is -2.99. The summed E-state index contributed by atoms with van der Waals surface area (Å²) >= 11 is 0. The SMILES string of the molecule is O=C1[C@H](N2C(=O)c3ccccc3C2=O)Cc2ccccc2[C@@H]2COCCN12. The lowest BCUT2D eigenvalue weighted by Crippen LogP contribution is -2.53. The molecule has 0 radical (unpaired) electrons. The van der Waals surface area contributed by atoms with Crippen LogP contribution >= 0.6 is 0 Å². The Morgan fingerprint density at radius 2 is 1.52 bits per heavy atom. The van der Waals surface area contributed by atoms with Gasteiger partial charge in [0.2, 0.25) is 5.91 Å². The van der Waals surface area contributed by atoms with Crippen molar-refractivity contribution in [1.29, 1.82) is 0 Å². The highest BCUT2D eigenvalue weighted by Gasteiger charge is 2.47. The van der Waals surface area contributed by atoms with Crippen molar-refractivity contribution in [2.45, 2.75) is 18.5 Å². The second kappa shape index (κ2) is 6.03. The third kappa shape index (κ3) is 2.33. The van der Waals surface area contributed by atoms with Crippen LogP contribution in [0.4, 0.5) is 0 Å². The first-order valence-electron chi connectivity index (χ1n) is 9.10. The van der Waals surface area contributed by atoms with Crippen LogP contribution in [-0.4, -0.2) is 53.3 Å². The minimum atomic E-state index is -0.832. The summed E-state index contributed by atoms with van der Waals surface area (Å²) in [5.74, 6) is -0.967. The largest absolute Gasteiger partial charge is 0.377 e. The number of benzene rings is 2. The molecule has 27 heavy (non-hydrogen) atoms. The lowest BCUT2D eigenvalue weighted by Gasteiger charge is -2.37. The van der Waals surface area contributed by atoms with E-state index < -0.39 is 17.9 Å². The monoisotopic (exact) mass is 362 g/mol. The van der Waals surface area contributed by atoms with Crippen LogP contribution in [0.3, 0.4) is 0 Å². The predicted octanol–water partition coefficient (Wildman–Crippen LogP) is 1.81. The molecule has 1 saturated heterocycles. The lowest BCUT2D eigenvalue weighted by atomic mass is 9.97. The number of nitrogens with zero attached hydrogens (tertiary/aromatic N) is 2. The Bertz CT molecular complexity index is 935. The number of ether oxygens (including phenoxy) is 1. The molecule has 6 heteroatoms. The number of rotatable bonds is 1. The Labute approximate surface area is 156 Å². The fraction of sp³-hybridized carbons (Fsp3) is 0.286.